The number of nitrogen functional groups attached to an aromatic ring is 1. The lowest BCUT2D eigenvalue weighted by Gasteiger charge is -2.27. The van der Waals surface area contributed by atoms with Crippen molar-refractivity contribution in [1.29, 1.82) is 0 Å². The molecule has 8 nitrogen and oxygen atoms in total. The number of H-pyrrole nitrogens is 1. The van der Waals surface area contributed by atoms with Crippen molar-refractivity contribution < 1.29 is 4.74 Å². The van der Waals surface area contributed by atoms with Crippen molar-refractivity contribution in [1.82, 2.24) is 9.55 Å². The average molecular weight is 420 g/mol. The number of methoxy groups -OCH3 is 1. The minimum Gasteiger partial charge on any atom is -0.497 e. The molecule has 2 rings (SSSR count). The van der Waals surface area contributed by atoms with Gasteiger partial charge in [0.1, 0.15) is 11.6 Å². The van der Waals surface area contributed by atoms with Crippen molar-refractivity contribution in [3.63, 3.8) is 0 Å². The van der Waals surface area contributed by atoms with Crippen LogP contribution in [-0.2, 0) is 6.54 Å². The molecule has 0 spiro atoms. The van der Waals surface area contributed by atoms with Crippen LogP contribution in [-0.4, -0.2) is 28.3 Å². The van der Waals surface area contributed by atoms with E-state index in [-0.39, 0.29) is 11.5 Å². The summed E-state index contributed by atoms with van der Waals surface area (Å²) in [5, 5.41) is 3.47. The second kappa shape index (κ2) is 10.7. The third-order valence-electron chi connectivity index (χ3n) is 4.54. The first-order valence-corrected chi connectivity index (χ1v) is 10.2. The van der Waals surface area contributed by atoms with Gasteiger partial charge in [-0.05, 0) is 49.3 Å². The van der Waals surface area contributed by atoms with E-state index in [9.17, 15) is 9.59 Å². The highest BCUT2D eigenvalue weighted by Gasteiger charge is 2.22. The summed E-state index contributed by atoms with van der Waals surface area (Å²) in [5.41, 5.74) is 6.16. The molecule has 4 N–H and O–H groups in total. The highest BCUT2D eigenvalue weighted by atomic mass is 32.1. The highest BCUT2D eigenvalue weighted by molar-refractivity contribution is 7.80. The lowest BCUT2D eigenvalue weighted by Crippen LogP contribution is -2.43. The molecule has 0 atom stereocenters. The zero-order valence-corrected chi connectivity index (χ0v) is 18.0. The Morgan fingerprint density at radius 1 is 1.21 bits per heavy atom. The monoisotopic (exact) mass is 419 g/mol. The zero-order chi connectivity index (χ0) is 21.4. The fourth-order valence-electron chi connectivity index (χ4n) is 2.87. The van der Waals surface area contributed by atoms with Crippen LogP contribution in [0.25, 0.3) is 0 Å². The van der Waals surface area contributed by atoms with Gasteiger partial charge in [0, 0.05) is 18.8 Å². The van der Waals surface area contributed by atoms with Gasteiger partial charge in [-0.2, -0.15) is 0 Å². The highest BCUT2D eigenvalue weighted by Crippen LogP contribution is 2.21. The van der Waals surface area contributed by atoms with E-state index in [1.807, 2.05) is 38.1 Å². The molecule has 0 amide bonds. The number of thiocarbonyl (C=S) groups is 1. The van der Waals surface area contributed by atoms with Gasteiger partial charge < -0.3 is 20.7 Å². The minimum atomic E-state index is -0.546. The molecule has 158 valence electrons. The molecule has 0 bridgehead atoms. The number of nitrogens with zero attached hydrogens (tertiary/aromatic N) is 2. The quantitative estimate of drug-likeness (QED) is 0.537. The lowest BCUT2D eigenvalue weighted by molar-refractivity contribution is 0.415. The maximum atomic E-state index is 12.6. The number of benzene rings is 1. The standard InChI is InChI=1S/C20H29N5O3S/c1-4-6-12-24(20(29)22-14-8-10-15(28-3)11-9-14)16-17(21)25(13-7-5-2)19(27)23-18(16)26/h8-11H,4-7,12-13,21H2,1-3H3,(H,22,29)(H,23,26,27). The van der Waals surface area contributed by atoms with E-state index in [4.69, 9.17) is 22.7 Å². The molecule has 0 saturated carbocycles. The minimum absolute atomic E-state index is 0.127. The fraction of sp³-hybridized carbons (Fsp3) is 0.450. The number of nitrogens with two attached hydrogens (primary N) is 1. The lowest BCUT2D eigenvalue weighted by atomic mass is 10.2. The molecular formula is C20H29N5O3S. The van der Waals surface area contributed by atoms with Crippen molar-refractivity contribution in [2.75, 3.05) is 29.6 Å². The van der Waals surface area contributed by atoms with Crippen LogP contribution in [0, 0.1) is 0 Å². The van der Waals surface area contributed by atoms with Gasteiger partial charge in [0.2, 0.25) is 0 Å². The molecule has 1 heterocycles. The molecule has 0 aliphatic heterocycles. The molecule has 0 saturated heterocycles. The van der Waals surface area contributed by atoms with Crippen LogP contribution in [0.4, 0.5) is 17.2 Å². The Balaban J connectivity index is 2.41. The van der Waals surface area contributed by atoms with E-state index in [1.165, 1.54) is 4.57 Å². The first-order chi connectivity index (χ1) is 13.9. The van der Waals surface area contributed by atoms with Crippen LogP contribution in [0.5, 0.6) is 5.75 Å². The molecule has 1 aromatic carbocycles. The molecule has 2 aromatic rings. The van der Waals surface area contributed by atoms with Gasteiger partial charge in [0.05, 0.1) is 7.11 Å². The van der Waals surface area contributed by atoms with Gasteiger partial charge in [-0.3, -0.25) is 14.3 Å². The van der Waals surface area contributed by atoms with Gasteiger partial charge in [0.25, 0.3) is 5.56 Å². The van der Waals surface area contributed by atoms with E-state index in [2.05, 4.69) is 10.3 Å². The summed E-state index contributed by atoms with van der Waals surface area (Å²) in [7, 11) is 1.60. The third kappa shape index (κ3) is 5.60. The van der Waals surface area contributed by atoms with E-state index in [0.29, 0.717) is 18.2 Å². The smallest absolute Gasteiger partial charge is 0.330 e. The van der Waals surface area contributed by atoms with E-state index in [0.717, 1.165) is 37.1 Å². The zero-order valence-electron chi connectivity index (χ0n) is 17.2. The van der Waals surface area contributed by atoms with Crippen LogP contribution in [0.2, 0.25) is 0 Å². The Morgan fingerprint density at radius 2 is 1.86 bits per heavy atom. The maximum Gasteiger partial charge on any atom is 0.330 e. The Hall–Kier alpha value is -2.81. The molecule has 9 heteroatoms. The van der Waals surface area contributed by atoms with E-state index >= 15 is 0 Å². The largest absolute Gasteiger partial charge is 0.497 e. The number of unbranched alkanes of at least 4 members (excludes halogenated alkanes) is 2. The molecule has 1 aromatic heterocycles. The Labute approximate surface area is 175 Å². The first-order valence-electron chi connectivity index (χ1n) is 9.78. The summed E-state index contributed by atoms with van der Waals surface area (Å²) in [6, 6.07) is 7.29. The van der Waals surface area contributed by atoms with Gasteiger partial charge in [-0.1, -0.05) is 26.7 Å². The Morgan fingerprint density at radius 3 is 2.45 bits per heavy atom. The molecule has 0 fully saturated rings. The summed E-state index contributed by atoms with van der Waals surface area (Å²) in [6.45, 7) is 5.01. The van der Waals surface area contributed by atoms with Crippen LogP contribution in [0.15, 0.2) is 33.9 Å². The van der Waals surface area contributed by atoms with Crippen LogP contribution >= 0.6 is 12.2 Å². The predicted octanol–water partition coefficient (Wildman–Crippen LogP) is 2.93. The Bertz CT molecular complexity index is 937. The summed E-state index contributed by atoms with van der Waals surface area (Å²) in [5.74, 6) is 0.857. The molecule has 0 aliphatic rings. The van der Waals surface area contributed by atoms with Crippen molar-refractivity contribution in [2.45, 2.75) is 46.1 Å². The normalized spacial score (nSPS) is 10.6. The van der Waals surface area contributed by atoms with Crippen LogP contribution in [0.3, 0.4) is 0 Å². The Kier molecular flexibility index (Phi) is 8.26. The second-order valence-corrected chi connectivity index (χ2v) is 7.05. The van der Waals surface area contributed by atoms with Crippen molar-refractivity contribution in [2.24, 2.45) is 0 Å². The van der Waals surface area contributed by atoms with Gasteiger partial charge in [-0.25, -0.2) is 4.79 Å². The first kappa shape index (κ1) is 22.5. The van der Waals surface area contributed by atoms with Crippen LogP contribution < -0.4 is 31.9 Å². The van der Waals surface area contributed by atoms with E-state index < -0.39 is 11.2 Å². The van der Waals surface area contributed by atoms with Gasteiger partial charge in [0.15, 0.2) is 10.8 Å². The molecule has 0 aliphatic carbocycles. The number of rotatable bonds is 9. The predicted molar refractivity (Wildman–Crippen MR) is 122 cm³/mol. The van der Waals surface area contributed by atoms with Gasteiger partial charge >= 0.3 is 5.69 Å². The molecule has 29 heavy (non-hydrogen) atoms. The maximum absolute atomic E-state index is 12.6. The number of anilines is 3. The summed E-state index contributed by atoms with van der Waals surface area (Å²) >= 11 is 5.58. The summed E-state index contributed by atoms with van der Waals surface area (Å²) in [4.78, 5) is 28.9. The average Bonchev–Trinajstić information content (AvgIpc) is 2.70. The van der Waals surface area contributed by atoms with Gasteiger partial charge in [-0.15, -0.1) is 0 Å². The number of hydrogen-bond donors (Lipinski definition) is 3. The summed E-state index contributed by atoms with van der Waals surface area (Å²) < 4.78 is 6.56. The molecule has 0 radical (unpaired) electrons. The number of hydrogen-bond acceptors (Lipinski definition) is 5. The number of aromatic amines is 1. The SMILES string of the molecule is CCCCN(C(=S)Nc1ccc(OC)cc1)c1c(N)n(CCCC)c(=O)[nH]c1=O. The molecular weight excluding hydrogens is 390 g/mol. The third-order valence-corrected chi connectivity index (χ3v) is 4.86. The van der Waals surface area contributed by atoms with Crippen molar-refractivity contribution in [3.8, 4) is 5.75 Å². The topological polar surface area (TPSA) is 105 Å². The molecule has 0 unspecified atom stereocenters. The van der Waals surface area contributed by atoms with Crippen molar-refractivity contribution >= 4 is 34.5 Å². The number of nitrogens with one attached hydrogen (secondary N) is 2. The van der Waals surface area contributed by atoms with Crippen LogP contribution in [0.1, 0.15) is 39.5 Å². The number of aromatic nitrogens is 2. The summed E-state index contributed by atoms with van der Waals surface area (Å²) in [6.07, 6.45) is 3.39. The van der Waals surface area contributed by atoms with Crippen molar-refractivity contribution in [3.05, 3.63) is 45.1 Å². The van der Waals surface area contributed by atoms with E-state index in [1.54, 1.807) is 12.0 Å². The fourth-order valence-corrected chi connectivity index (χ4v) is 3.17. The number of ether oxygens (including phenoxy) is 1. The second-order valence-electron chi connectivity index (χ2n) is 6.66.